The van der Waals surface area contributed by atoms with Crippen LogP contribution in [0.5, 0.6) is 0 Å². The predicted octanol–water partition coefficient (Wildman–Crippen LogP) is 3.90. The molecule has 2 rings (SSSR count). The zero-order valence-electron chi connectivity index (χ0n) is 16.4. The maximum Gasteiger partial charge on any atom is 0.319 e. The molecule has 1 saturated heterocycles. The first-order valence-corrected chi connectivity index (χ1v) is 9.49. The fourth-order valence-electron chi connectivity index (χ4n) is 3.02. The maximum absolute atomic E-state index is 13.1. The SMILES string of the molecule is CCCN(C(=O)c1cc(NC(=O)NC(C)(C)C)ccc1Cl)C1CCNC1.Cl. The van der Waals surface area contributed by atoms with E-state index in [1.54, 1.807) is 18.2 Å². The van der Waals surface area contributed by atoms with Gasteiger partial charge in [0, 0.05) is 30.4 Å². The fourth-order valence-corrected chi connectivity index (χ4v) is 3.22. The second-order valence-electron chi connectivity index (χ2n) is 7.67. The third-order valence-electron chi connectivity index (χ3n) is 4.14. The molecule has 1 unspecified atom stereocenters. The van der Waals surface area contributed by atoms with E-state index in [2.05, 4.69) is 22.9 Å². The number of hydrogen-bond donors (Lipinski definition) is 3. The van der Waals surface area contributed by atoms with E-state index in [-0.39, 0.29) is 35.9 Å². The fraction of sp³-hybridized carbons (Fsp3) is 0.579. The second-order valence-corrected chi connectivity index (χ2v) is 8.08. The number of hydrogen-bond acceptors (Lipinski definition) is 3. The lowest BCUT2D eigenvalue weighted by Crippen LogP contribution is -2.43. The predicted molar refractivity (Wildman–Crippen MR) is 113 cm³/mol. The van der Waals surface area contributed by atoms with Gasteiger partial charge < -0.3 is 20.9 Å². The Morgan fingerprint density at radius 3 is 2.59 bits per heavy atom. The highest BCUT2D eigenvalue weighted by Crippen LogP contribution is 2.24. The van der Waals surface area contributed by atoms with Crippen LogP contribution < -0.4 is 16.0 Å². The van der Waals surface area contributed by atoms with Crippen LogP contribution in [0.25, 0.3) is 0 Å². The van der Waals surface area contributed by atoms with E-state index in [0.29, 0.717) is 22.8 Å². The minimum atomic E-state index is -0.345. The van der Waals surface area contributed by atoms with E-state index in [4.69, 9.17) is 11.6 Å². The molecule has 6 nitrogen and oxygen atoms in total. The number of carbonyl (C=O) groups is 2. The van der Waals surface area contributed by atoms with Gasteiger partial charge in [0.25, 0.3) is 5.91 Å². The van der Waals surface area contributed by atoms with Crippen LogP contribution in [0.4, 0.5) is 10.5 Å². The standard InChI is InChI=1S/C19H29ClN4O2.ClH/c1-5-10-24(14-8-9-21-12-14)17(25)15-11-13(6-7-16(15)20)22-18(26)23-19(2,3)4;/h6-7,11,14,21H,5,8-10,12H2,1-4H3,(H2,22,23,26);1H. The van der Waals surface area contributed by atoms with Crippen molar-refractivity contribution in [1.82, 2.24) is 15.5 Å². The van der Waals surface area contributed by atoms with E-state index in [1.807, 2.05) is 25.7 Å². The molecule has 152 valence electrons. The first-order chi connectivity index (χ1) is 12.2. The topological polar surface area (TPSA) is 73.5 Å². The van der Waals surface area contributed by atoms with Crippen molar-refractivity contribution in [2.75, 3.05) is 25.0 Å². The molecule has 1 aromatic carbocycles. The van der Waals surface area contributed by atoms with Gasteiger partial charge in [0.05, 0.1) is 10.6 Å². The van der Waals surface area contributed by atoms with Gasteiger partial charge in [0.15, 0.2) is 0 Å². The average molecular weight is 417 g/mol. The molecule has 1 aliphatic rings. The lowest BCUT2D eigenvalue weighted by Gasteiger charge is -2.29. The number of amides is 3. The van der Waals surface area contributed by atoms with Crippen molar-refractivity contribution in [3.8, 4) is 0 Å². The van der Waals surface area contributed by atoms with Gasteiger partial charge >= 0.3 is 6.03 Å². The molecule has 0 saturated carbocycles. The maximum atomic E-state index is 13.1. The Balaban J connectivity index is 0.00000364. The second kappa shape index (κ2) is 10.2. The molecule has 0 bridgehead atoms. The van der Waals surface area contributed by atoms with Crippen LogP contribution in [0.3, 0.4) is 0 Å². The van der Waals surface area contributed by atoms with E-state index < -0.39 is 0 Å². The normalized spacial score (nSPS) is 16.4. The Morgan fingerprint density at radius 2 is 2.04 bits per heavy atom. The molecule has 8 heteroatoms. The highest BCUT2D eigenvalue weighted by atomic mass is 35.5. The number of urea groups is 1. The average Bonchev–Trinajstić information content (AvgIpc) is 3.06. The molecule has 1 aliphatic heterocycles. The summed E-state index contributed by atoms with van der Waals surface area (Å²) in [4.78, 5) is 27.1. The van der Waals surface area contributed by atoms with Crippen molar-refractivity contribution < 1.29 is 9.59 Å². The van der Waals surface area contributed by atoms with Crippen molar-refractivity contribution in [2.45, 2.75) is 52.1 Å². The Morgan fingerprint density at radius 1 is 1.33 bits per heavy atom. The molecule has 1 atom stereocenters. The largest absolute Gasteiger partial charge is 0.334 e. The first-order valence-electron chi connectivity index (χ1n) is 9.11. The van der Waals surface area contributed by atoms with Crippen molar-refractivity contribution in [3.05, 3.63) is 28.8 Å². The van der Waals surface area contributed by atoms with E-state index in [9.17, 15) is 9.59 Å². The van der Waals surface area contributed by atoms with E-state index >= 15 is 0 Å². The lowest BCUT2D eigenvalue weighted by molar-refractivity contribution is 0.0692. The van der Waals surface area contributed by atoms with Crippen molar-refractivity contribution in [1.29, 1.82) is 0 Å². The van der Waals surface area contributed by atoms with Gasteiger partial charge in [-0.3, -0.25) is 4.79 Å². The van der Waals surface area contributed by atoms with Crippen molar-refractivity contribution in [2.24, 2.45) is 0 Å². The smallest absolute Gasteiger partial charge is 0.319 e. The summed E-state index contributed by atoms with van der Waals surface area (Å²) < 4.78 is 0. The Hall–Kier alpha value is -1.50. The molecule has 0 aromatic heterocycles. The summed E-state index contributed by atoms with van der Waals surface area (Å²) in [6.07, 6.45) is 1.82. The molecule has 3 amide bonds. The van der Waals surface area contributed by atoms with Gasteiger partial charge in [-0.15, -0.1) is 12.4 Å². The molecule has 27 heavy (non-hydrogen) atoms. The van der Waals surface area contributed by atoms with Gasteiger partial charge in [-0.2, -0.15) is 0 Å². The number of benzene rings is 1. The number of nitrogens with zero attached hydrogens (tertiary/aromatic N) is 1. The van der Waals surface area contributed by atoms with Gasteiger partial charge in [-0.25, -0.2) is 4.79 Å². The number of rotatable bonds is 5. The molecule has 1 fully saturated rings. The summed E-state index contributed by atoms with van der Waals surface area (Å²) in [6.45, 7) is 10.2. The van der Waals surface area contributed by atoms with Gasteiger partial charge in [-0.1, -0.05) is 18.5 Å². The van der Waals surface area contributed by atoms with Crippen LogP contribution >= 0.6 is 24.0 Å². The minimum Gasteiger partial charge on any atom is -0.334 e. The van der Waals surface area contributed by atoms with Crippen molar-refractivity contribution in [3.63, 3.8) is 0 Å². The Bertz CT molecular complexity index is 656. The van der Waals surface area contributed by atoms with Gasteiger partial charge in [0.2, 0.25) is 0 Å². The molecule has 3 N–H and O–H groups in total. The van der Waals surface area contributed by atoms with Crippen LogP contribution in [-0.4, -0.2) is 48.1 Å². The van der Waals surface area contributed by atoms with Gasteiger partial charge in [-0.05, 0) is 58.4 Å². The molecule has 0 aliphatic carbocycles. The lowest BCUT2D eigenvalue weighted by atomic mass is 10.1. The van der Waals surface area contributed by atoms with Crippen LogP contribution in [0.1, 0.15) is 50.9 Å². The number of anilines is 1. The number of nitrogens with one attached hydrogen (secondary N) is 3. The highest BCUT2D eigenvalue weighted by Gasteiger charge is 2.28. The van der Waals surface area contributed by atoms with E-state index in [1.165, 1.54) is 0 Å². The molecule has 0 radical (unpaired) electrons. The number of carbonyl (C=O) groups excluding carboxylic acids is 2. The zero-order valence-corrected chi connectivity index (χ0v) is 18.0. The van der Waals surface area contributed by atoms with Crippen LogP contribution in [0, 0.1) is 0 Å². The van der Waals surface area contributed by atoms with Crippen LogP contribution in [0.2, 0.25) is 5.02 Å². The summed E-state index contributed by atoms with van der Waals surface area (Å²) in [6, 6.07) is 4.86. The van der Waals surface area contributed by atoms with Crippen LogP contribution in [-0.2, 0) is 0 Å². The molecule has 1 heterocycles. The summed E-state index contributed by atoms with van der Waals surface area (Å²) in [5.74, 6) is -0.0922. The first kappa shape index (κ1) is 23.5. The summed E-state index contributed by atoms with van der Waals surface area (Å²) in [5.41, 5.74) is 0.615. The Labute approximate surface area is 172 Å². The third kappa shape index (κ3) is 6.87. The van der Waals surface area contributed by atoms with Crippen LogP contribution in [0.15, 0.2) is 18.2 Å². The summed E-state index contributed by atoms with van der Waals surface area (Å²) >= 11 is 6.29. The Kier molecular flexibility index (Phi) is 8.85. The monoisotopic (exact) mass is 416 g/mol. The van der Waals surface area contributed by atoms with E-state index in [0.717, 1.165) is 25.9 Å². The quantitative estimate of drug-likeness (QED) is 0.681. The highest BCUT2D eigenvalue weighted by molar-refractivity contribution is 6.34. The van der Waals surface area contributed by atoms with Gasteiger partial charge in [0.1, 0.15) is 0 Å². The molecule has 1 aromatic rings. The molecular formula is C19H30Cl2N4O2. The third-order valence-corrected chi connectivity index (χ3v) is 4.47. The summed E-state index contributed by atoms with van der Waals surface area (Å²) in [7, 11) is 0. The summed E-state index contributed by atoms with van der Waals surface area (Å²) in [5, 5.41) is 9.29. The molecule has 0 spiro atoms. The minimum absolute atomic E-state index is 0. The number of halogens is 2. The molecular weight excluding hydrogens is 387 g/mol. The zero-order chi connectivity index (χ0) is 19.3. The van der Waals surface area contributed by atoms with Crippen molar-refractivity contribution >= 4 is 41.6 Å².